The zero-order chi connectivity index (χ0) is 14.4. The van der Waals surface area contributed by atoms with Crippen molar-refractivity contribution in [1.82, 2.24) is 9.88 Å². The summed E-state index contributed by atoms with van der Waals surface area (Å²) < 4.78 is 26.5. The first kappa shape index (κ1) is 13.7. The van der Waals surface area contributed by atoms with Gasteiger partial charge in [-0.2, -0.15) is 0 Å². The van der Waals surface area contributed by atoms with E-state index in [-0.39, 0.29) is 11.4 Å². The fourth-order valence-corrected chi connectivity index (χ4v) is 1.93. The van der Waals surface area contributed by atoms with Crippen LogP contribution in [0.2, 0.25) is 0 Å². The molecule has 7 heteroatoms. The number of urea groups is 1. The smallest absolute Gasteiger partial charge is 0.328 e. The number of carbonyl (C=O) groups excluding carboxylic acids is 1. The van der Waals surface area contributed by atoms with Crippen molar-refractivity contribution in [2.24, 2.45) is 0 Å². The predicted molar refractivity (Wildman–Crippen MR) is 64.9 cm³/mol. The summed E-state index contributed by atoms with van der Waals surface area (Å²) in [5.41, 5.74) is -0.250. The summed E-state index contributed by atoms with van der Waals surface area (Å²) in [6.45, 7) is 2.43. The van der Waals surface area contributed by atoms with Crippen LogP contribution in [0.4, 0.5) is 19.4 Å². The summed E-state index contributed by atoms with van der Waals surface area (Å²) in [6.07, 6.45) is 0.0937. The van der Waals surface area contributed by atoms with Crippen LogP contribution >= 0.6 is 0 Å². The zero-order valence-corrected chi connectivity index (χ0v) is 10.8. The molecule has 0 bridgehead atoms. The number of aliphatic hydroxyl groups excluding tert-OH is 1. The molecular weight excluding hydrogens is 256 g/mol. The lowest BCUT2D eigenvalue weighted by Gasteiger charge is -2.20. The molecule has 5 nitrogen and oxygen atoms in total. The number of likely N-dealkylation sites (N-methyl/N-ethyl adjacent to an activating group) is 1. The first-order chi connectivity index (χ1) is 8.73. The number of pyridine rings is 1. The van der Waals surface area contributed by atoms with Crippen molar-refractivity contribution in [2.75, 3.05) is 11.9 Å². The summed E-state index contributed by atoms with van der Waals surface area (Å²) in [5.74, 6) is -3.00. The molecule has 1 N–H and O–H groups in total. The summed E-state index contributed by atoms with van der Waals surface area (Å²) in [6, 6.07) is 1.40. The van der Waals surface area contributed by atoms with Crippen LogP contribution in [0.25, 0.3) is 0 Å². The molecular formula is C12H15F2N3O2. The molecule has 2 amide bonds. The highest BCUT2D eigenvalue weighted by atomic mass is 19.3. The Morgan fingerprint density at radius 2 is 2.11 bits per heavy atom. The van der Waals surface area contributed by atoms with Gasteiger partial charge in [0.1, 0.15) is 5.82 Å². The Bertz CT molecular complexity index is 504. The Morgan fingerprint density at radius 3 is 2.58 bits per heavy atom. The van der Waals surface area contributed by atoms with Crippen molar-refractivity contribution in [3.63, 3.8) is 0 Å². The summed E-state index contributed by atoms with van der Waals surface area (Å²) in [7, 11) is 1.54. The van der Waals surface area contributed by atoms with E-state index in [1.54, 1.807) is 6.92 Å². The molecule has 2 heterocycles. The maximum absolute atomic E-state index is 13.3. The second kappa shape index (κ2) is 4.41. The lowest BCUT2D eigenvalue weighted by Crippen LogP contribution is -2.36. The van der Waals surface area contributed by atoms with E-state index in [1.165, 1.54) is 24.2 Å². The molecule has 19 heavy (non-hydrogen) atoms. The van der Waals surface area contributed by atoms with Crippen molar-refractivity contribution in [2.45, 2.75) is 32.0 Å². The number of halogens is 2. The van der Waals surface area contributed by atoms with E-state index in [2.05, 4.69) is 4.98 Å². The van der Waals surface area contributed by atoms with Crippen LogP contribution in [-0.2, 0) is 5.92 Å². The van der Waals surface area contributed by atoms with E-state index in [1.807, 2.05) is 0 Å². The summed E-state index contributed by atoms with van der Waals surface area (Å²) >= 11 is 0. The van der Waals surface area contributed by atoms with Gasteiger partial charge in [-0.15, -0.1) is 0 Å². The Hall–Kier alpha value is -1.76. The molecule has 0 radical (unpaired) electrons. The summed E-state index contributed by atoms with van der Waals surface area (Å²) in [5, 5.41) is 9.98. The maximum Gasteiger partial charge on any atom is 0.328 e. The fraction of sp³-hybridized carbons (Fsp3) is 0.500. The minimum Gasteiger partial charge on any atom is -0.371 e. The van der Waals surface area contributed by atoms with Crippen molar-refractivity contribution < 1.29 is 18.7 Å². The van der Waals surface area contributed by atoms with E-state index in [4.69, 9.17) is 0 Å². The molecule has 1 aromatic heterocycles. The average Bonchev–Trinajstić information content (AvgIpc) is 2.53. The van der Waals surface area contributed by atoms with E-state index in [0.29, 0.717) is 0 Å². The predicted octanol–water partition coefficient (Wildman–Crippen LogP) is 1.77. The average molecular weight is 271 g/mol. The normalized spacial score (nSPS) is 24.2. The number of nitrogens with zero attached hydrogens (tertiary/aromatic N) is 3. The van der Waals surface area contributed by atoms with E-state index in [0.717, 1.165) is 17.9 Å². The number of rotatable bonds is 2. The van der Waals surface area contributed by atoms with Crippen molar-refractivity contribution in [1.29, 1.82) is 0 Å². The number of carbonyl (C=O) groups is 1. The van der Waals surface area contributed by atoms with Gasteiger partial charge in [0.25, 0.3) is 5.92 Å². The van der Waals surface area contributed by atoms with Gasteiger partial charge in [0.15, 0.2) is 6.23 Å². The minimum absolute atomic E-state index is 0.0210. The van der Waals surface area contributed by atoms with Crippen molar-refractivity contribution in [3.05, 3.63) is 23.9 Å². The maximum atomic E-state index is 13.3. The standard InChI is InChI=1S/C12H15F2N3O2/c1-7-10(18)17(11(19)16(7)3)9-6-8(4-5-15-9)12(2,13)14/h4-7,10,18H,1-3H3. The van der Waals surface area contributed by atoms with Crippen LogP contribution in [0.1, 0.15) is 19.4 Å². The topological polar surface area (TPSA) is 56.7 Å². The molecule has 1 saturated heterocycles. The van der Waals surface area contributed by atoms with Crippen LogP contribution < -0.4 is 4.90 Å². The minimum atomic E-state index is -3.02. The summed E-state index contributed by atoms with van der Waals surface area (Å²) in [4.78, 5) is 18.2. The quantitative estimate of drug-likeness (QED) is 0.892. The van der Waals surface area contributed by atoms with E-state index >= 15 is 0 Å². The van der Waals surface area contributed by atoms with Gasteiger partial charge in [-0.05, 0) is 19.1 Å². The first-order valence-electron chi connectivity index (χ1n) is 5.82. The van der Waals surface area contributed by atoms with Gasteiger partial charge in [-0.1, -0.05) is 0 Å². The zero-order valence-electron chi connectivity index (χ0n) is 10.8. The monoisotopic (exact) mass is 271 g/mol. The highest BCUT2D eigenvalue weighted by Gasteiger charge is 2.42. The van der Waals surface area contributed by atoms with Gasteiger partial charge >= 0.3 is 6.03 Å². The third-order valence-corrected chi connectivity index (χ3v) is 3.31. The van der Waals surface area contributed by atoms with Crippen LogP contribution in [0.5, 0.6) is 0 Å². The van der Waals surface area contributed by atoms with Gasteiger partial charge in [0.2, 0.25) is 0 Å². The molecule has 0 spiro atoms. The number of amides is 2. The molecule has 1 fully saturated rings. The van der Waals surface area contributed by atoms with Gasteiger partial charge in [0.05, 0.1) is 6.04 Å². The number of alkyl halides is 2. The lowest BCUT2D eigenvalue weighted by atomic mass is 10.1. The van der Waals surface area contributed by atoms with Gasteiger partial charge < -0.3 is 10.0 Å². The van der Waals surface area contributed by atoms with E-state index in [9.17, 15) is 18.7 Å². The Morgan fingerprint density at radius 1 is 1.47 bits per heavy atom. The van der Waals surface area contributed by atoms with Crippen LogP contribution in [-0.4, -0.2) is 40.3 Å². The molecule has 1 aliphatic heterocycles. The van der Waals surface area contributed by atoms with Crippen LogP contribution in [0, 0.1) is 0 Å². The Balaban J connectivity index is 2.40. The van der Waals surface area contributed by atoms with Crippen LogP contribution in [0.15, 0.2) is 18.3 Å². The highest BCUT2D eigenvalue weighted by molar-refractivity contribution is 5.94. The highest BCUT2D eigenvalue weighted by Crippen LogP contribution is 2.31. The number of hydrogen-bond donors (Lipinski definition) is 1. The van der Waals surface area contributed by atoms with Gasteiger partial charge in [-0.25, -0.2) is 23.5 Å². The largest absolute Gasteiger partial charge is 0.371 e. The number of anilines is 1. The molecule has 0 saturated carbocycles. The van der Waals surface area contributed by atoms with Crippen molar-refractivity contribution >= 4 is 11.8 Å². The third kappa shape index (κ3) is 2.25. The molecule has 104 valence electrons. The second-order valence-corrected chi connectivity index (χ2v) is 4.71. The lowest BCUT2D eigenvalue weighted by molar-refractivity contribution is 0.0174. The van der Waals surface area contributed by atoms with Gasteiger partial charge in [0, 0.05) is 25.7 Å². The molecule has 0 aliphatic carbocycles. The second-order valence-electron chi connectivity index (χ2n) is 4.71. The number of aliphatic hydroxyl groups is 1. The first-order valence-corrected chi connectivity index (χ1v) is 5.82. The molecule has 2 unspecified atom stereocenters. The molecule has 0 aromatic carbocycles. The Labute approximate surface area is 109 Å². The number of aromatic nitrogens is 1. The molecule has 2 rings (SSSR count). The van der Waals surface area contributed by atoms with Crippen LogP contribution in [0.3, 0.4) is 0 Å². The molecule has 2 atom stereocenters. The molecule has 1 aromatic rings. The van der Waals surface area contributed by atoms with E-state index < -0.39 is 24.2 Å². The third-order valence-electron chi connectivity index (χ3n) is 3.31. The van der Waals surface area contributed by atoms with Gasteiger partial charge in [-0.3, -0.25) is 0 Å². The Kier molecular flexibility index (Phi) is 3.17. The van der Waals surface area contributed by atoms with Crippen molar-refractivity contribution in [3.8, 4) is 0 Å². The fourth-order valence-electron chi connectivity index (χ4n) is 1.93. The molecule has 1 aliphatic rings. The SMILES string of the molecule is CC1C(O)N(c2cc(C(C)(F)F)ccn2)C(=O)N1C. The number of hydrogen-bond acceptors (Lipinski definition) is 3.